The van der Waals surface area contributed by atoms with Crippen LogP contribution in [0.2, 0.25) is 5.02 Å². The maximum Gasteiger partial charge on any atom is 0.416 e. The number of rotatable bonds is 1. The molecule has 0 aliphatic carbocycles. The van der Waals surface area contributed by atoms with Crippen molar-refractivity contribution in [2.45, 2.75) is 6.18 Å². The van der Waals surface area contributed by atoms with Crippen molar-refractivity contribution >= 4 is 17.2 Å². The summed E-state index contributed by atoms with van der Waals surface area (Å²) in [5, 5.41) is 4.37. The number of halogens is 4. The van der Waals surface area contributed by atoms with Gasteiger partial charge in [0.15, 0.2) is 5.65 Å². The van der Waals surface area contributed by atoms with Gasteiger partial charge in [-0.3, -0.25) is 0 Å². The number of alkyl halides is 3. The molecule has 0 radical (unpaired) electrons. The summed E-state index contributed by atoms with van der Waals surface area (Å²) in [5.74, 6) is 0. The Morgan fingerprint density at radius 1 is 1.15 bits per heavy atom. The fraction of sp³-hybridized carbons (Fsp3) is 0.0769. The molecule has 102 valence electrons. The molecule has 0 saturated carbocycles. The summed E-state index contributed by atoms with van der Waals surface area (Å²) < 4.78 is 39.7. The largest absolute Gasteiger partial charge is 0.416 e. The normalized spacial score (nSPS) is 12.0. The highest BCUT2D eigenvalue weighted by Crippen LogP contribution is 2.32. The van der Waals surface area contributed by atoms with Gasteiger partial charge in [-0.05, 0) is 18.2 Å². The molecule has 0 N–H and O–H groups in total. The Kier molecular flexibility index (Phi) is 2.90. The number of aromatic nitrogens is 3. The minimum Gasteiger partial charge on any atom is -0.236 e. The zero-order valence-corrected chi connectivity index (χ0v) is 10.7. The topological polar surface area (TPSA) is 30.2 Å². The highest BCUT2D eigenvalue weighted by molar-refractivity contribution is 6.33. The first-order valence-electron chi connectivity index (χ1n) is 5.63. The Bertz CT molecular complexity index is 780. The van der Waals surface area contributed by atoms with Gasteiger partial charge in [0.25, 0.3) is 0 Å². The van der Waals surface area contributed by atoms with Crippen LogP contribution in [-0.4, -0.2) is 14.6 Å². The van der Waals surface area contributed by atoms with E-state index in [1.165, 1.54) is 23.0 Å². The van der Waals surface area contributed by atoms with E-state index in [2.05, 4.69) is 10.1 Å². The van der Waals surface area contributed by atoms with E-state index in [1.807, 2.05) is 0 Å². The van der Waals surface area contributed by atoms with E-state index < -0.39 is 11.7 Å². The van der Waals surface area contributed by atoms with Crippen LogP contribution in [0.5, 0.6) is 0 Å². The summed E-state index contributed by atoms with van der Waals surface area (Å²) in [4.78, 5) is 4.04. The van der Waals surface area contributed by atoms with E-state index in [0.29, 0.717) is 21.9 Å². The molecule has 0 bridgehead atoms. The van der Waals surface area contributed by atoms with Crippen molar-refractivity contribution < 1.29 is 13.2 Å². The lowest BCUT2D eigenvalue weighted by atomic mass is 10.1. The molecule has 0 unspecified atom stereocenters. The number of benzene rings is 1. The standard InChI is InChI=1S/C13H7ClF3N3/c14-10-7-19-20-11(4-5-18-12(10)20)8-2-1-3-9(6-8)13(15,16)17/h1-7H. The van der Waals surface area contributed by atoms with Crippen LogP contribution in [-0.2, 0) is 6.18 Å². The molecule has 0 aliphatic heterocycles. The van der Waals surface area contributed by atoms with Crippen LogP contribution >= 0.6 is 11.6 Å². The molecule has 0 saturated heterocycles. The van der Waals surface area contributed by atoms with Gasteiger partial charge in [0.1, 0.15) is 5.02 Å². The average Bonchev–Trinajstić information content (AvgIpc) is 2.80. The lowest BCUT2D eigenvalue weighted by molar-refractivity contribution is -0.137. The quantitative estimate of drug-likeness (QED) is 0.678. The van der Waals surface area contributed by atoms with Crippen molar-refractivity contribution in [2.24, 2.45) is 0 Å². The van der Waals surface area contributed by atoms with Gasteiger partial charge in [-0.2, -0.15) is 18.3 Å². The first kappa shape index (κ1) is 12.9. The van der Waals surface area contributed by atoms with E-state index in [0.717, 1.165) is 12.1 Å². The summed E-state index contributed by atoms with van der Waals surface area (Å²) in [6.45, 7) is 0. The Hall–Kier alpha value is -2.08. The molecule has 7 heteroatoms. The van der Waals surface area contributed by atoms with Gasteiger partial charge < -0.3 is 0 Å². The zero-order valence-electron chi connectivity index (χ0n) is 9.89. The summed E-state index contributed by atoms with van der Waals surface area (Å²) in [5.41, 5.74) is 0.583. The van der Waals surface area contributed by atoms with Crippen LogP contribution in [0.3, 0.4) is 0 Å². The van der Waals surface area contributed by atoms with Crippen LogP contribution in [0, 0.1) is 0 Å². The third kappa shape index (κ3) is 2.12. The first-order chi connectivity index (χ1) is 9.47. The molecule has 2 heterocycles. The van der Waals surface area contributed by atoms with E-state index in [9.17, 15) is 13.2 Å². The van der Waals surface area contributed by atoms with E-state index in [-0.39, 0.29) is 0 Å². The molecule has 3 rings (SSSR count). The van der Waals surface area contributed by atoms with Crippen molar-refractivity contribution in [3.8, 4) is 11.3 Å². The molecular formula is C13H7ClF3N3. The second-order valence-corrected chi connectivity index (χ2v) is 4.54. The Morgan fingerprint density at radius 2 is 1.95 bits per heavy atom. The van der Waals surface area contributed by atoms with Crippen LogP contribution < -0.4 is 0 Å². The molecule has 0 aliphatic rings. The third-order valence-corrected chi connectivity index (χ3v) is 3.11. The predicted octanol–water partition coefficient (Wildman–Crippen LogP) is 4.07. The highest BCUT2D eigenvalue weighted by Gasteiger charge is 2.30. The van der Waals surface area contributed by atoms with Gasteiger partial charge in [-0.1, -0.05) is 23.7 Å². The third-order valence-electron chi connectivity index (χ3n) is 2.84. The molecule has 20 heavy (non-hydrogen) atoms. The van der Waals surface area contributed by atoms with Gasteiger partial charge in [0.2, 0.25) is 0 Å². The summed E-state index contributed by atoms with van der Waals surface area (Å²) in [7, 11) is 0. The predicted molar refractivity (Wildman–Crippen MR) is 68.4 cm³/mol. The molecule has 2 aromatic heterocycles. The van der Waals surface area contributed by atoms with Gasteiger partial charge >= 0.3 is 6.18 Å². The zero-order chi connectivity index (χ0) is 14.3. The lowest BCUT2D eigenvalue weighted by Crippen LogP contribution is -2.05. The summed E-state index contributed by atoms with van der Waals surface area (Å²) in [6, 6.07) is 6.63. The molecular weight excluding hydrogens is 291 g/mol. The number of fused-ring (bicyclic) bond motifs is 1. The summed E-state index contributed by atoms with van der Waals surface area (Å²) >= 11 is 5.91. The summed E-state index contributed by atoms with van der Waals surface area (Å²) in [6.07, 6.45) is -1.50. The van der Waals surface area contributed by atoms with Gasteiger partial charge in [-0.15, -0.1) is 0 Å². The minimum absolute atomic E-state index is 0.346. The Labute approximate surface area is 116 Å². The van der Waals surface area contributed by atoms with Crippen LogP contribution in [0.1, 0.15) is 5.56 Å². The highest BCUT2D eigenvalue weighted by atomic mass is 35.5. The molecule has 0 spiro atoms. The van der Waals surface area contributed by atoms with Crippen molar-refractivity contribution in [1.29, 1.82) is 0 Å². The van der Waals surface area contributed by atoms with E-state index in [1.54, 1.807) is 12.1 Å². The van der Waals surface area contributed by atoms with Crippen LogP contribution in [0.4, 0.5) is 13.2 Å². The molecule has 1 aromatic carbocycles. The second kappa shape index (κ2) is 4.49. The molecule has 0 amide bonds. The SMILES string of the molecule is FC(F)(F)c1cccc(-c2ccnc3c(Cl)cnn23)c1. The maximum atomic E-state index is 12.7. The monoisotopic (exact) mass is 297 g/mol. The molecule has 0 fully saturated rings. The average molecular weight is 298 g/mol. The smallest absolute Gasteiger partial charge is 0.236 e. The number of nitrogens with zero attached hydrogens (tertiary/aromatic N) is 3. The maximum absolute atomic E-state index is 12.7. The number of hydrogen-bond donors (Lipinski definition) is 0. The minimum atomic E-state index is -4.39. The van der Waals surface area contributed by atoms with E-state index in [4.69, 9.17) is 11.6 Å². The second-order valence-electron chi connectivity index (χ2n) is 4.14. The lowest BCUT2D eigenvalue weighted by Gasteiger charge is -2.09. The van der Waals surface area contributed by atoms with Crippen molar-refractivity contribution in [3.05, 3.63) is 53.3 Å². The number of hydrogen-bond acceptors (Lipinski definition) is 2. The van der Waals surface area contributed by atoms with Crippen LogP contribution in [0.15, 0.2) is 42.7 Å². The molecule has 3 nitrogen and oxygen atoms in total. The van der Waals surface area contributed by atoms with Gasteiger partial charge in [0.05, 0.1) is 17.5 Å². The Morgan fingerprint density at radius 3 is 2.70 bits per heavy atom. The fourth-order valence-corrected chi connectivity index (χ4v) is 2.11. The van der Waals surface area contributed by atoms with E-state index >= 15 is 0 Å². The molecule has 3 aromatic rings. The van der Waals surface area contributed by atoms with Gasteiger partial charge in [-0.25, -0.2) is 9.50 Å². The first-order valence-corrected chi connectivity index (χ1v) is 6.00. The van der Waals surface area contributed by atoms with Crippen molar-refractivity contribution in [1.82, 2.24) is 14.6 Å². The Balaban J connectivity index is 2.21. The van der Waals surface area contributed by atoms with Crippen LogP contribution in [0.25, 0.3) is 16.9 Å². The van der Waals surface area contributed by atoms with Crippen molar-refractivity contribution in [2.75, 3.05) is 0 Å². The fourth-order valence-electron chi connectivity index (χ4n) is 1.94. The van der Waals surface area contributed by atoms with Gasteiger partial charge in [0, 0.05) is 11.8 Å². The molecule has 0 atom stereocenters. The van der Waals surface area contributed by atoms with Crippen molar-refractivity contribution in [3.63, 3.8) is 0 Å².